The maximum absolute atomic E-state index is 5.53. The summed E-state index contributed by atoms with van der Waals surface area (Å²) in [5.41, 5.74) is 2.69. The van der Waals surface area contributed by atoms with E-state index in [4.69, 9.17) is 8.94 Å². The van der Waals surface area contributed by atoms with Gasteiger partial charge in [0.1, 0.15) is 6.26 Å². The molecule has 25 heavy (non-hydrogen) atoms. The molecule has 0 spiro atoms. The summed E-state index contributed by atoms with van der Waals surface area (Å²) in [6.07, 6.45) is 5.02. The van der Waals surface area contributed by atoms with Gasteiger partial charge in [-0.05, 0) is 30.7 Å². The van der Waals surface area contributed by atoms with E-state index in [0.29, 0.717) is 24.0 Å². The molecule has 0 aromatic carbocycles. The van der Waals surface area contributed by atoms with Gasteiger partial charge in [-0.15, -0.1) is 11.3 Å². The Morgan fingerprint density at radius 1 is 1.28 bits per heavy atom. The molecule has 5 rings (SSSR count). The molecule has 4 aromatic heterocycles. The number of thiophene rings is 1. The Hall–Kier alpha value is -2.81. The van der Waals surface area contributed by atoms with E-state index in [-0.39, 0.29) is 5.92 Å². The highest BCUT2D eigenvalue weighted by atomic mass is 32.1. The van der Waals surface area contributed by atoms with E-state index in [9.17, 15) is 0 Å². The molecular weight excluding hydrogens is 340 g/mol. The van der Waals surface area contributed by atoms with Crippen LogP contribution in [0.5, 0.6) is 0 Å². The molecule has 9 heteroatoms. The Labute approximate surface area is 146 Å². The average Bonchev–Trinajstić information content (AvgIpc) is 3.41. The van der Waals surface area contributed by atoms with Crippen LogP contribution in [0.4, 0.5) is 0 Å². The van der Waals surface area contributed by atoms with Crippen LogP contribution >= 0.6 is 11.3 Å². The first kappa shape index (κ1) is 14.5. The number of aryl methyl sites for hydroxylation is 1. The molecule has 1 aliphatic carbocycles. The quantitative estimate of drug-likeness (QED) is 0.600. The molecule has 0 fully saturated rings. The van der Waals surface area contributed by atoms with E-state index in [1.165, 1.54) is 0 Å². The molecule has 0 amide bonds. The fourth-order valence-electron chi connectivity index (χ4n) is 3.12. The highest BCUT2D eigenvalue weighted by molar-refractivity contribution is 7.13. The molecule has 1 unspecified atom stereocenters. The fraction of sp³-hybridized carbons (Fsp3) is 0.312. The summed E-state index contributed by atoms with van der Waals surface area (Å²) in [5, 5.41) is 17.2. The molecule has 4 heterocycles. The van der Waals surface area contributed by atoms with Crippen LogP contribution < -0.4 is 0 Å². The summed E-state index contributed by atoms with van der Waals surface area (Å²) in [4.78, 5) is 10.0. The monoisotopic (exact) mass is 354 g/mol. The maximum Gasteiger partial charge on any atom is 0.236 e. The average molecular weight is 354 g/mol. The number of aromatic nitrogens is 6. The van der Waals surface area contributed by atoms with E-state index in [1.807, 2.05) is 17.5 Å². The van der Waals surface area contributed by atoms with Gasteiger partial charge in [0.2, 0.25) is 11.8 Å². The Kier molecular flexibility index (Phi) is 3.44. The first-order chi connectivity index (χ1) is 12.4. The minimum Gasteiger partial charge on any atom is -0.444 e. The van der Waals surface area contributed by atoms with Crippen LogP contribution in [-0.4, -0.2) is 30.5 Å². The molecule has 0 saturated carbocycles. The molecule has 1 aliphatic rings. The fourth-order valence-corrected chi connectivity index (χ4v) is 3.77. The number of nitrogens with one attached hydrogen (secondary N) is 1. The normalized spacial score (nSPS) is 16.9. The Morgan fingerprint density at radius 3 is 3.20 bits per heavy atom. The topological polar surface area (TPSA) is 107 Å². The molecule has 1 atom stereocenters. The van der Waals surface area contributed by atoms with Gasteiger partial charge in [0.15, 0.2) is 5.82 Å². The van der Waals surface area contributed by atoms with Gasteiger partial charge in [0.05, 0.1) is 34.3 Å². The second kappa shape index (κ2) is 5.92. The van der Waals surface area contributed by atoms with Crippen LogP contribution in [0.1, 0.15) is 47.6 Å². The minimum absolute atomic E-state index is 0.0164. The van der Waals surface area contributed by atoms with Crippen molar-refractivity contribution in [3.8, 4) is 10.8 Å². The highest BCUT2D eigenvalue weighted by Gasteiger charge is 2.30. The largest absolute Gasteiger partial charge is 0.444 e. The first-order valence-electron chi connectivity index (χ1n) is 8.07. The van der Waals surface area contributed by atoms with E-state index >= 15 is 0 Å². The van der Waals surface area contributed by atoms with E-state index in [2.05, 4.69) is 30.5 Å². The third-order valence-electron chi connectivity index (χ3n) is 4.29. The first-order valence-corrected chi connectivity index (χ1v) is 8.95. The van der Waals surface area contributed by atoms with E-state index in [1.54, 1.807) is 17.6 Å². The number of nitrogens with zero attached hydrogens (tertiary/aromatic N) is 5. The van der Waals surface area contributed by atoms with Crippen LogP contribution in [-0.2, 0) is 12.8 Å². The van der Waals surface area contributed by atoms with Crippen LogP contribution in [0.2, 0.25) is 0 Å². The molecule has 0 bridgehead atoms. The van der Waals surface area contributed by atoms with Crippen molar-refractivity contribution in [1.82, 2.24) is 30.5 Å². The lowest BCUT2D eigenvalue weighted by molar-refractivity contribution is 0.348. The highest BCUT2D eigenvalue weighted by Crippen LogP contribution is 2.33. The Balaban J connectivity index is 1.36. The lowest BCUT2D eigenvalue weighted by Gasteiger charge is -2.15. The number of hydrogen-bond donors (Lipinski definition) is 1. The second-order valence-electron chi connectivity index (χ2n) is 5.95. The second-order valence-corrected chi connectivity index (χ2v) is 6.89. The molecule has 8 nitrogen and oxygen atoms in total. The molecule has 0 aliphatic heterocycles. The van der Waals surface area contributed by atoms with Gasteiger partial charge in [-0.3, -0.25) is 0 Å². The maximum atomic E-state index is 5.53. The summed E-state index contributed by atoms with van der Waals surface area (Å²) < 4.78 is 11.0. The number of rotatable bonds is 4. The minimum atomic E-state index is 0.0164. The van der Waals surface area contributed by atoms with Crippen molar-refractivity contribution < 1.29 is 8.94 Å². The van der Waals surface area contributed by atoms with Crippen molar-refractivity contribution in [3.63, 3.8) is 0 Å². The third kappa shape index (κ3) is 2.66. The summed E-state index contributed by atoms with van der Waals surface area (Å²) in [6.45, 7) is 0. The van der Waals surface area contributed by atoms with Gasteiger partial charge in [-0.1, -0.05) is 11.2 Å². The van der Waals surface area contributed by atoms with E-state index in [0.717, 1.165) is 41.2 Å². The van der Waals surface area contributed by atoms with Gasteiger partial charge in [0.25, 0.3) is 0 Å². The number of H-pyrrole nitrogens is 1. The van der Waals surface area contributed by atoms with Crippen molar-refractivity contribution in [2.24, 2.45) is 0 Å². The summed E-state index contributed by atoms with van der Waals surface area (Å²) in [5.74, 6) is 1.82. The van der Waals surface area contributed by atoms with Gasteiger partial charge in [0, 0.05) is 0 Å². The molecule has 4 aromatic rings. The van der Waals surface area contributed by atoms with Crippen molar-refractivity contribution in [3.05, 3.63) is 52.6 Å². The summed E-state index contributed by atoms with van der Waals surface area (Å²) in [6, 6.07) is 3.95. The zero-order chi connectivity index (χ0) is 16.6. The lowest BCUT2D eigenvalue weighted by Crippen LogP contribution is -2.11. The van der Waals surface area contributed by atoms with E-state index < -0.39 is 0 Å². The Bertz CT molecular complexity index is 986. The molecule has 1 N–H and O–H groups in total. The van der Waals surface area contributed by atoms with Gasteiger partial charge in [-0.25, -0.2) is 4.98 Å². The molecule has 0 saturated heterocycles. The van der Waals surface area contributed by atoms with Gasteiger partial charge in [-0.2, -0.15) is 20.4 Å². The number of hydrogen-bond acceptors (Lipinski definition) is 8. The van der Waals surface area contributed by atoms with Gasteiger partial charge < -0.3 is 8.94 Å². The molecule has 0 radical (unpaired) electrons. The summed E-state index contributed by atoms with van der Waals surface area (Å²) >= 11 is 1.59. The number of aromatic amines is 1. The molecule has 126 valence electrons. The Morgan fingerprint density at radius 2 is 2.28 bits per heavy atom. The predicted molar refractivity (Wildman–Crippen MR) is 88.1 cm³/mol. The smallest absolute Gasteiger partial charge is 0.236 e. The summed E-state index contributed by atoms with van der Waals surface area (Å²) in [7, 11) is 0. The van der Waals surface area contributed by atoms with Crippen LogP contribution in [0.3, 0.4) is 0 Å². The van der Waals surface area contributed by atoms with Gasteiger partial charge >= 0.3 is 0 Å². The zero-order valence-electron chi connectivity index (χ0n) is 13.2. The van der Waals surface area contributed by atoms with Crippen LogP contribution in [0.15, 0.2) is 32.7 Å². The van der Waals surface area contributed by atoms with Crippen LogP contribution in [0, 0.1) is 0 Å². The molecular formula is C16H14N6O2S. The number of oxazole rings is 1. The predicted octanol–water partition coefficient (Wildman–Crippen LogP) is 2.96. The van der Waals surface area contributed by atoms with Crippen molar-refractivity contribution >= 4 is 11.3 Å². The zero-order valence-corrected chi connectivity index (χ0v) is 14.0. The van der Waals surface area contributed by atoms with Crippen molar-refractivity contribution in [2.45, 2.75) is 31.6 Å². The SMILES string of the molecule is c1csc(-c2nc(Cc3noc(C4CCCc5n[nH]nc54)n3)co2)c1. The lowest BCUT2D eigenvalue weighted by atomic mass is 9.90. The standard InChI is InChI=1S/C16H14N6O2S/c1-3-10(14-11(4-1)19-22-20-14)15-18-13(21-24-15)7-9-8-23-16(17-9)12-5-2-6-25-12/h2,5-6,8,10H,1,3-4,7H2,(H,19,20,22). The number of fused-ring (bicyclic) bond motifs is 1. The third-order valence-corrected chi connectivity index (χ3v) is 5.15. The van der Waals surface area contributed by atoms with Crippen molar-refractivity contribution in [2.75, 3.05) is 0 Å². The van der Waals surface area contributed by atoms with Crippen molar-refractivity contribution in [1.29, 1.82) is 0 Å². The van der Waals surface area contributed by atoms with Crippen LogP contribution in [0.25, 0.3) is 10.8 Å².